The van der Waals surface area contributed by atoms with Crippen molar-refractivity contribution in [2.75, 3.05) is 5.32 Å². The summed E-state index contributed by atoms with van der Waals surface area (Å²) in [4.78, 5) is 0. The summed E-state index contributed by atoms with van der Waals surface area (Å²) in [5.41, 5.74) is 1.67. The lowest BCUT2D eigenvalue weighted by Crippen LogP contribution is -2.10. The van der Waals surface area contributed by atoms with Crippen molar-refractivity contribution in [2.45, 2.75) is 26.1 Å². The Morgan fingerprint density at radius 3 is 2.24 bits per heavy atom. The van der Waals surface area contributed by atoms with Crippen LogP contribution in [0.25, 0.3) is 0 Å². The summed E-state index contributed by atoms with van der Waals surface area (Å²) in [5.74, 6) is 0. The van der Waals surface area contributed by atoms with Crippen LogP contribution in [0.2, 0.25) is 5.02 Å². The molecule has 0 aliphatic carbocycles. The van der Waals surface area contributed by atoms with E-state index >= 15 is 0 Å². The van der Waals surface area contributed by atoms with E-state index in [1.54, 1.807) is 0 Å². The van der Waals surface area contributed by atoms with Gasteiger partial charge in [0.25, 0.3) is 0 Å². The van der Waals surface area contributed by atoms with E-state index in [9.17, 15) is 13.2 Å². The highest BCUT2D eigenvalue weighted by atomic mass is 35.5. The summed E-state index contributed by atoms with van der Waals surface area (Å²) in [7, 11) is 0. The van der Waals surface area contributed by atoms with Crippen molar-refractivity contribution in [1.82, 2.24) is 0 Å². The van der Waals surface area contributed by atoms with Gasteiger partial charge in [0.2, 0.25) is 0 Å². The predicted molar refractivity (Wildman–Crippen MR) is 79.7 cm³/mol. The SMILES string of the molecule is Cc1ccc(C(C)Nc2cc(C(F)(F)F)ccc2Cl)cc1. The van der Waals surface area contributed by atoms with Crippen molar-refractivity contribution in [1.29, 1.82) is 0 Å². The molecule has 1 N–H and O–H groups in total. The molecule has 0 amide bonds. The second-order valence-corrected chi connectivity index (χ2v) is 5.38. The summed E-state index contributed by atoms with van der Waals surface area (Å²) in [6.45, 7) is 3.85. The van der Waals surface area contributed by atoms with E-state index in [0.717, 1.165) is 23.3 Å². The lowest BCUT2D eigenvalue weighted by atomic mass is 10.1. The maximum atomic E-state index is 12.7. The van der Waals surface area contributed by atoms with Crippen molar-refractivity contribution in [3.8, 4) is 0 Å². The van der Waals surface area contributed by atoms with Gasteiger partial charge in [0.15, 0.2) is 0 Å². The Hall–Kier alpha value is -1.68. The van der Waals surface area contributed by atoms with Crippen LogP contribution in [0.3, 0.4) is 0 Å². The molecule has 2 rings (SSSR count). The molecule has 112 valence electrons. The highest BCUT2D eigenvalue weighted by Gasteiger charge is 2.31. The minimum atomic E-state index is -4.38. The van der Waals surface area contributed by atoms with Gasteiger partial charge in [-0.3, -0.25) is 0 Å². The predicted octanol–water partition coefficient (Wildman–Crippen LogP) is 5.84. The zero-order chi connectivity index (χ0) is 15.6. The maximum absolute atomic E-state index is 12.7. The van der Waals surface area contributed by atoms with Crippen molar-refractivity contribution < 1.29 is 13.2 Å². The van der Waals surface area contributed by atoms with Crippen LogP contribution < -0.4 is 5.32 Å². The van der Waals surface area contributed by atoms with E-state index in [0.29, 0.717) is 0 Å². The third-order valence-corrected chi connectivity index (χ3v) is 3.57. The van der Waals surface area contributed by atoms with Gasteiger partial charge in [0.1, 0.15) is 0 Å². The van der Waals surface area contributed by atoms with E-state index in [1.165, 1.54) is 6.07 Å². The fourth-order valence-electron chi connectivity index (χ4n) is 1.98. The van der Waals surface area contributed by atoms with E-state index in [4.69, 9.17) is 11.6 Å². The molecule has 0 spiro atoms. The van der Waals surface area contributed by atoms with E-state index in [2.05, 4.69) is 5.32 Å². The van der Waals surface area contributed by atoms with Crippen LogP contribution in [-0.4, -0.2) is 0 Å². The lowest BCUT2D eigenvalue weighted by molar-refractivity contribution is -0.137. The summed E-state index contributed by atoms with van der Waals surface area (Å²) in [6.07, 6.45) is -4.38. The largest absolute Gasteiger partial charge is 0.416 e. The van der Waals surface area contributed by atoms with Gasteiger partial charge in [-0.2, -0.15) is 13.2 Å². The first-order chi connectivity index (χ1) is 9.77. The number of halogens is 4. The first kappa shape index (κ1) is 15.7. The van der Waals surface area contributed by atoms with Crippen LogP contribution in [-0.2, 0) is 6.18 Å². The highest BCUT2D eigenvalue weighted by molar-refractivity contribution is 6.33. The molecule has 21 heavy (non-hydrogen) atoms. The normalized spacial score (nSPS) is 13.0. The first-order valence-corrected chi connectivity index (χ1v) is 6.85. The van der Waals surface area contributed by atoms with Crippen molar-refractivity contribution in [3.05, 3.63) is 64.2 Å². The zero-order valence-electron chi connectivity index (χ0n) is 11.6. The fraction of sp³-hybridized carbons (Fsp3) is 0.250. The molecular formula is C16H15ClF3N. The van der Waals surface area contributed by atoms with Crippen molar-refractivity contribution in [3.63, 3.8) is 0 Å². The molecule has 0 aliphatic heterocycles. The lowest BCUT2D eigenvalue weighted by Gasteiger charge is -2.18. The number of hydrogen-bond acceptors (Lipinski definition) is 1. The average Bonchev–Trinajstić information content (AvgIpc) is 2.40. The number of rotatable bonds is 3. The van der Waals surface area contributed by atoms with Gasteiger partial charge >= 0.3 is 6.18 Å². The van der Waals surface area contributed by atoms with E-state index in [-0.39, 0.29) is 16.8 Å². The number of alkyl halides is 3. The molecule has 0 aromatic heterocycles. The number of hydrogen-bond donors (Lipinski definition) is 1. The third kappa shape index (κ3) is 3.91. The summed E-state index contributed by atoms with van der Waals surface area (Å²) < 4.78 is 38.2. The molecular weight excluding hydrogens is 299 g/mol. The van der Waals surface area contributed by atoms with Gasteiger partial charge in [0, 0.05) is 6.04 Å². The molecule has 2 aromatic rings. The van der Waals surface area contributed by atoms with Crippen molar-refractivity contribution >= 4 is 17.3 Å². The quantitative estimate of drug-likeness (QED) is 0.750. The average molecular weight is 314 g/mol. The number of anilines is 1. The van der Waals surface area contributed by atoms with Crippen molar-refractivity contribution in [2.24, 2.45) is 0 Å². The smallest absolute Gasteiger partial charge is 0.377 e. The third-order valence-electron chi connectivity index (χ3n) is 3.24. The maximum Gasteiger partial charge on any atom is 0.416 e. The van der Waals surface area contributed by atoms with Gasteiger partial charge in [-0.1, -0.05) is 41.4 Å². The Kier molecular flexibility index (Phi) is 4.47. The second-order valence-electron chi connectivity index (χ2n) is 4.97. The molecule has 1 unspecified atom stereocenters. The Bertz CT molecular complexity index is 620. The van der Waals surface area contributed by atoms with E-state index < -0.39 is 11.7 Å². The number of nitrogens with one attached hydrogen (secondary N) is 1. The zero-order valence-corrected chi connectivity index (χ0v) is 12.4. The first-order valence-electron chi connectivity index (χ1n) is 6.47. The molecule has 5 heteroatoms. The molecule has 1 atom stereocenters. The molecule has 0 fully saturated rings. The fourth-order valence-corrected chi connectivity index (χ4v) is 2.16. The Morgan fingerprint density at radius 2 is 1.67 bits per heavy atom. The molecule has 0 heterocycles. The summed E-state index contributed by atoms with van der Waals surface area (Å²) in [6, 6.07) is 10.9. The van der Waals surface area contributed by atoms with Gasteiger partial charge in [-0.15, -0.1) is 0 Å². The van der Waals surface area contributed by atoms with E-state index in [1.807, 2.05) is 38.1 Å². The highest BCUT2D eigenvalue weighted by Crippen LogP contribution is 2.35. The minimum absolute atomic E-state index is 0.147. The number of aryl methyl sites for hydroxylation is 1. The van der Waals surface area contributed by atoms with Gasteiger partial charge in [0.05, 0.1) is 16.3 Å². The summed E-state index contributed by atoms with van der Waals surface area (Å²) >= 11 is 5.97. The van der Waals surface area contributed by atoms with Gasteiger partial charge in [-0.25, -0.2) is 0 Å². The molecule has 1 nitrogen and oxygen atoms in total. The van der Waals surface area contributed by atoms with Crippen LogP contribution in [0.5, 0.6) is 0 Å². The molecule has 0 radical (unpaired) electrons. The number of benzene rings is 2. The standard InChI is InChI=1S/C16H15ClF3N/c1-10-3-5-12(6-4-10)11(2)21-15-9-13(16(18,19)20)7-8-14(15)17/h3-9,11,21H,1-2H3. The van der Waals surface area contributed by atoms with Crippen LogP contribution in [0.4, 0.5) is 18.9 Å². The molecule has 2 aromatic carbocycles. The van der Waals surface area contributed by atoms with Gasteiger partial charge in [-0.05, 0) is 37.6 Å². The Morgan fingerprint density at radius 1 is 1.05 bits per heavy atom. The van der Waals surface area contributed by atoms with Crippen LogP contribution in [0, 0.1) is 6.92 Å². The topological polar surface area (TPSA) is 12.0 Å². The molecule has 0 saturated heterocycles. The Labute approximate surface area is 126 Å². The summed E-state index contributed by atoms with van der Waals surface area (Å²) in [5, 5.41) is 3.29. The second kappa shape index (κ2) is 5.98. The molecule has 0 aliphatic rings. The Balaban J connectivity index is 2.24. The van der Waals surface area contributed by atoms with Crippen LogP contribution >= 0.6 is 11.6 Å². The minimum Gasteiger partial charge on any atom is -0.377 e. The molecule has 0 bridgehead atoms. The van der Waals surface area contributed by atoms with Crippen LogP contribution in [0.15, 0.2) is 42.5 Å². The monoisotopic (exact) mass is 313 g/mol. The van der Waals surface area contributed by atoms with Gasteiger partial charge < -0.3 is 5.32 Å². The van der Waals surface area contributed by atoms with Crippen LogP contribution in [0.1, 0.15) is 29.7 Å². The molecule has 0 saturated carbocycles.